The van der Waals surface area contributed by atoms with Crippen LogP contribution < -0.4 is 5.32 Å². The van der Waals surface area contributed by atoms with E-state index in [4.69, 9.17) is 4.74 Å². The van der Waals surface area contributed by atoms with Gasteiger partial charge in [-0.2, -0.15) is 0 Å². The number of aromatic nitrogens is 1. The van der Waals surface area contributed by atoms with E-state index in [-0.39, 0.29) is 18.0 Å². The van der Waals surface area contributed by atoms with E-state index in [1.54, 1.807) is 25.2 Å². The Morgan fingerprint density at radius 3 is 2.46 bits per heavy atom. The molecule has 0 fully saturated rings. The first-order valence-corrected chi connectivity index (χ1v) is 7.36. The Morgan fingerprint density at radius 2 is 1.75 bits per heavy atom. The third-order valence-corrected chi connectivity index (χ3v) is 3.75. The highest BCUT2D eigenvalue weighted by molar-refractivity contribution is 6.10. The maximum Gasteiger partial charge on any atom is 0.412 e. The van der Waals surface area contributed by atoms with Gasteiger partial charge in [-0.1, -0.05) is 48.5 Å². The molecule has 3 aromatic rings. The zero-order valence-electron chi connectivity index (χ0n) is 13.0. The molecule has 0 atom stereocenters. The van der Waals surface area contributed by atoms with Gasteiger partial charge in [0.1, 0.15) is 6.61 Å². The number of aryl methyl sites for hydroxylation is 1. The second-order valence-corrected chi connectivity index (χ2v) is 5.29. The molecule has 0 bridgehead atoms. The molecule has 0 radical (unpaired) electrons. The largest absolute Gasteiger partial charge is 0.477 e. The van der Waals surface area contributed by atoms with Gasteiger partial charge >= 0.3 is 12.1 Å². The molecule has 6 heteroatoms. The Bertz CT molecular complexity index is 900. The summed E-state index contributed by atoms with van der Waals surface area (Å²) < 4.78 is 6.70. The quantitative estimate of drug-likeness (QED) is 0.768. The summed E-state index contributed by atoms with van der Waals surface area (Å²) in [7, 11) is 1.65. The molecule has 0 spiro atoms. The molecule has 6 nitrogen and oxygen atoms in total. The Balaban J connectivity index is 1.85. The summed E-state index contributed by atoms with van der Waals surface area (Å²) in [5, 5.41) is 12.7. The number of carbonyl (C=O) groups excluding carboxylic acids is 1. The molecule has 1 aromatic heterocycles. The summed E-state index contributed by atoms with van der Waals surface area (Å²) in [6, 6.07) is 16.4. The zero-order valence-corrected chi connectivity index (χ0v) is 13.0. The minimum Gasteiger partial charge on any atom is -0.477 e. The van der Waals surface area contributed by atoms with Gasteiger partial charge in [-0.25, -0.2) is 9.59 Å². The number of nitrogens with one attached hydrogen (secondary N) is 1. The minimum atomic E-state index is -1.12. The lowest BCUT2D eigenvalue weighted by Crippen LogP contribution is -2.16. The molecule has 1 amide bonds. The lowest BCUT2D eigenvalue weighted by Gasteiger charge is -2.08. The monoisotopic (exact) mass is 324 g/mol. The van der Waals surface area contributed by atoms with Crippen molar-refractivity contribution in [3.63, 3.8) is 0 Å². The highest BCUT2D eigenvalue weighted by Crippen LogP contribution is 2.30. The number of carboxylic acid groups (broad SMARTS) is 1. The lowest BCUT2D eigenvalue weighted by atomic mass is 10.2. The van der Waals surface area contributed by atoms with Crippen LogP contribution >= 0.6 is 0 Å². The van der Waals surface area contributed by atoms with Gasteiger partial charge in [0.25, 0.3) is 0 Å². The zero-order chi connectivity index (χ0) is 17.1. The fourth-order valence-corrected chi connectivity index (χ4v) is 2.63. The van der Waals surface area contributed by atoms with Crippen molar-refractivity contribution in [2.75, 3.05) is 5.32 Å². The van der Waals surface area contributed by atoms with Gasteiger partial charge in [0.05, 0.1) is 11.2 Å². The maximum atomic E-state index is 12.1. The Morgan fingerprint density at radius 1 is 1.08 bits per heavy atom. The van der Waals surface area contributed by atoms with E-state index in [2.05, 4.69) is 5.32 Å². The number of anilines is 1. The van der Waals surface area contributed by atoms with Crippen molar-refractivity contribution >= 4 is 28.7 Å². The van der Waals surface area contributed by atoms with E-state index in [1.165, 1.54) is 4.57 Å². The molecule has 0 aliphatic carbocycles. The van der Waals surface area contributed by atoms with Crippen LogP contribution in [0.2, 0.25) is 0 Å². The number of hydrogen-bond donors (Lipinski definition) is 2. The van der Waals surface area contributed by atoms with E-state index >= 15 is 0 Å². The van der Waals surface area contributed by atoms with Gasteiger partial charge in [-0.05, 0) is 11.6 Å². The molecule has 24 heavy (non-hydrogen) atoms. The van der Waals surface area contributed by atoms with Gasteiger partial charge in [0.15, 0.2) is 5.69 Å². The number of carbonyl (C=O) groups is 2. The number of ether oxygens (including phenoxy) is 1. The molecular formula is C18H16N2O4. The fourth-order valence-electron chi connectivity index (χ4n) is 2.63. The number of carboxylic acids is 1. The lowest BCUT2D eigenvalue weighted by molar-refractivity contribution is 0.0688. The van der Waals surface area contributed by atoms with E-state index in [0.29, 0.717) is 10.9 Å². The van der Waals surface area contributed by atoms with Crippen molar-refractivity contribution < 1.29 is 19.4 Å². The van der Waals surface area contributed by atoms with Crippen molar-refractivity contribution in [1.82, 2.24) is 4.57 Å². The topological polar surface area (TPSA) is 80.6 Å². The van der Waals surface area contributed by atoms with Crippen LogP contribution in [0.3, 0.4) is 0 Å². The van der Waals surface area contributed by atoms with Gasteiger partial charge in [0, 0.05) is 12.4 Å². The predicted octanol–water partition coefficient (Wildman–Crippen LogP) is 3.63. The van der Waals surface area contributed by atoms with E-state index in [0.717, 1.165) is 5.56 Å². The number of aromatic carboxylic acids is 1. The van der Waals surface area contributed by atoms with Crippen molar-refractivity contribution in [2.45, 2.75) is 6.61 Å². The molecule has 1 heterocycles. The molecule has 0 saturated carbocycles. The van der Waals surface area contributed by atoms with Crippen molar-refractivity contribution in [3.05, 3.63) is 65.9 Å². The van der Waals surface area contributed by atoms with Crippen LogP contribution in [0, 0.1) is 0 Å². The normalized spacial score (nSPS) is 10.5. The molecule has 0 aliphatic heterocycles. The third kappa shape index (κ3) is 2.94. The number of hydrogen-bond acceptors (Lipinski definition) is 3. The predicted molar refractivity (Wildman–Crippen MR) is 90.1 cm³/mol. The van der Waals surface area contributed by atoms with Crippen molar-refractivity contribution in [1.29, 1.82) is 0 Å². The van der Waals surface area contributed by atoms with Crippen LogP contribution in [0.1, 0.15) is 16.1 Å². The summed E-state index contributed by atoms with van der Waals surface area (Å²) in [6.45, 7) is 0.111. The second-order valence-electron chi connectivity index (χ2n) is 5.29. The van der Waals surface area contributed by atoms with E-state index in [9.17, 15) is 14.7 Å². The number of nitrogens with zero attached hydrogens (tertiary/aromatic N) is 1. The summed E-state index contributed by atoms with van der Waals surface area (Å²) >= 11 is 0. The SMILES string of the molecule is Cn1c(C(=O)O)c(NC(=O)OCc2ccccc2)c2ccccc21. The molecule has 0 unspecified atom stereocenters. The van der Waals surface area contributed by atoms with Crippen LogP contribution in [0.5, 0.6) is 0 Å². The highest BCUT2D eigenvalue weighted by Gasteiger charge is 2.22. The maximum absolute atomic E-state index is 12.1. The summed E-state index contributed by atoms with van der Waals surface area (Å²) in [6.07, 6.45) is -0.697. The minimum absolute atomic E-state index is 0.00728. The molecule has 0 saturated heterocycles. The Labute approximate surface area is 138 Å². The first kappa shape index (κ1) is 15.6. The van der Waals surface area contributed by atoms with Crippen LogP contribution in [0.4, 0.5) is 10.5 Å². The van der Waals surface area contributed by atoms with Gasteiger partial charge < -0.3 is 14.4 Å². The smallest absolute Gasteiger partial charge is 0.412 e. The van der Waals surface area contributed by atoms with E-state index in [1.807, 2.05) is 36.4 Å². The molecular weight excluding hydrogens is 308 g/mol. The highest BCUT2D eigenvalue weighted by atomic mass is 16.5. The summed E-state index contributed by atoms with van der Waals surface area (Å²) in [5.74, 6) is -1.12. The molecule has 0 aliphatic rings. The van der Waals surface area contributed by atoms with Gasteiger partial charge in [0.2, 0.25) is 0 Å². The molecule has 122 valence electrons. The van der Waals surface area contributed by atoms with Crippen molar-refractivity contribution in [3.8, 4) is 0 Å². The average molecular weight is 324 g/mol. The van der Waals surface area contributed by atoms with Crippen molar-refractivity contribution in [2.24, 2.45) is 7.05 Å². The van der Waals surface area contributed by atoms with Crippen LogP contribution in [-0.4, -0.2) is 21.7 Å². The summed E-state index contributed by atoms with van der Waals surface area (Å²) in [4.78, 5) is 23.6. The number of fused-ring (bicyclic) bond motifs is 1. The van der Waals surface area contributed by atoms with Gasteiger partial charge in [-0.3, -0.25) is 5.32 Å². The third-order valence-electron chi connectivity index (χ3n) is 3.75. The Hall–Kier alpha value is -3.28. The first-order chi connectivity index (χ1) is 11.6. The molecule has 3 rings (SSSR count). The molecule has 2 N–H and O–H groups in total. The number of rotatable bonds is 4. The fraction of sp³-hybridized carbons (Fsp3) is 0.111. The standard InChI is InChI=1S/C18H16N2O4/c1-20-14-10-6-5-9-13(14)15(16(20)17(21)22)19-18(23)24-11-12-7-3-2-4-8-12/h2-10H,11H2,1H3,(H,19,23)(H,21,22). The second kappa shape index (κ2) is 6.45. The van der Waals surface area contributed by atoms with Crippen LogP contribution in [-0.2, 0) is 18.4 Å². The number of amides is 1. The number of benzene rings is 2. The summed E-state index contributed by atoms with van der Waals surface area (Å²) in [5.41, 5.74) is 1.81. The number of para-hydroxylation sites is 1. The van der Waals surface area contributed by atoms with E-state index < -0.39 is 12.1 Å². The molecule has 2 aromatic carbocycles. The average Bonchev–Trinajstić information content (AvgIpc) is 2.87. The van der Waals surface area contributed by atoms with Crippen LogP contribution in [0.15, 0.2) is 54.6 Å². The van der Waals surface area contributed by atoms with Gasteiger partial charge in [-0.15, -0.1) is 0 Å². The van der Waals surface area contributed by atoms with Crippen LogP contribution in [0.25, 0.3) is 10.9 Å². The Kier molecular flexibility index (Phi) is 4.20. The first-order valence-electron chi connectivity index (χ1n) is 7.36.